The molecule has 3 aromatic rings. The van der Waals surface area contributed by atoms with Crippen LogP contribution < -0.4 is 0 Å². The number of fused-ring (bicyclic) bond motifs is 1. The molecule has 0 aliphatic heterocycles. The lowest BCUT2D eigenvalue weighted by Crippen LogP contribution is -2.33. The van der Waals surface area contributed by atoms with Gasteiger partial charge in [-0.15, -0.1) is 0 Å². The molecule has 0 radical (unpaired) electrons. The fourth-order valence-corrected chi connectivity index (χ4v) is 5.31. The number of aromatic nitrogens is 1. The number of carboxylic acids is 1. The minimum absolute atomic E-state index is 0.0567. The molecule has 33 heavy (non-hydrogen) atoms. The Labute approximate surface area is 196 Å². The van der Waals surface area contributed by atoms with E-state index in [-0.39, 0.29) is 18.0 Å². The van der Waals surface area contributed by atoms with E-state index >= 15 is 0 Å². The average Bonchev–Trinajstić information content (AvgIpc) is 3.14. The van der Waals surface area contributed by atoms with Gasteiger partial charge in [-0.3, -0.25) is 4.79 Å². The lowest BCUT2D eigenvalue weighted by Gasteiger charge is -2.24. The van der Waals surface area contributed by atoms with Gasteiger partial charge in [-0.2, -0.15) is 0 Å². The van der Waals surface area contributed by atoms with Crippen molar-refractivity contribution in [1.82, 2.24) is 9.47 Å². The van der Waals surface area contributed by atoms with Crippen LogP contribution in [-0.4, -0.2) is 39.5 Å². The van der Waals surface area contributed by atoms with Crippen molar-refractivity contribution in [3.8, 4) is 11.3 Å². The van der Waals surface area contributed by atoms with Crippen LogP contribution in [0, 0.1) is 6.92 Å². The number of aromatic carboxylic acids is 1. The number of benzene rings is 2. The van der Waals surface area contributed by atoms with Crippen LogP contribution in [0.4, 0.5) is 0 Å². The second-order valence-corrected chi connectivity index (χ2v) is 9.15. The van der Waals surface area contributed by atoms with Crippen molar-refractivity contribution in [3.63, 3.8) is 0 Å². The molecule has 1 N–H and O–H groups in total. The van der Waals surface area contributed by atoms with Gasteiger partial charge in [0.1, 0.15) is 6.54 Å². The van der Waals surface area contributed by atoms with Gasteiger partial charge < -0.3 is 14.6 Å². The summed E-state index contributed by atoms with van der Waals surface area (Å²) in [5.74, 6) is -0.477. The highest BCUT2D eigenvalue weighted by Crippen LogP contribution is 2.44. The van der Waals surface area contributed by atoms with Gasteiger partial charge >= 0.3 is 5.97 Å². The summed E-state index contributed by atoms with van der Waals surface area (Å²) >= 11 is 0. The maximum absolute atomic E-state index is 13.2. The molecule has 1 amide bonds. The number of rotatable bonds is 7. The third-order valence-electron chi connectivity index (χ3n) is 7.10. The van der Waals surface area contributed by atoms with E-state index in [4.69, 9.17) is 0 Å². The molecule has 5 nitrogen and oxygen atoms in total. The molecule has 0 atom stereocenters. The highest BCUT2D eigenvalue weighted by Gasteiger charge is 2.28. The summed E-state index contributed by atoms with van der Waals surface area (Å²) in [6.07, 6.45) is 5.93. The van der Waals surface area contributed by atoms with Gasteiger partial charge in [-0.1, -0.05) is 55.2 Å². The van der Waals surface area contributed by atoms with Crippen molar-refractivity contribution in [2.75, 3.05) is 13.1 Å². The number of nitrogens with zero attached hydrogens (tertiary/aromatic N) is 2. The number of likely N-dealkylation sites (N-methyl/N-ethyl adjacent to an activating group) is 1. The summed E-state index contributed by atoms with van der Waals surface area (Å²) in [7, 11) is 0. The molecule has 0 spiro atoms. The van der Waals surface area contributed by atoms with E-state index in [2.05, 4.69) is 35.8 Å². The van der Waals surface area contributed by atoms with Crippen LogP contribution in [0.3, 0.4) is 0 Å². The summed E-state index contributed by atoms with van der Waals surface area (Å²) in [5.41, 5.74) is 5.71. The topological polar surface area (TPSA) is 62.5 Å². The van der Waals surface area contributed by atoms with E-state index in [1.165, 1.54) is 30.4 Å². The molecule has 5 heteroatoms. The Bertz CT molecular complexity index is 1150. The number of amides is 1. The minimum Gasteiger partial charge on any atom is -0.478 e. The quantitative estimate of drug-likeness (QED) is 0.468. The maximum atomic E-state index is 13.2. The van der Waals surface area contributed by atoms with E-state index in [1.807, 2.05) is 24.8 Å². The van der Waals surface area contributed by atoms with Gasteiger partial charge in [-0.05, 0) is 62.8 Å². The van der Waals surface area contributed by atoms with Crippen molar-refractivity contribution >= 4 is 22.8 Å². The minimum atomic E-state index is -0.948. The van der Waals surface area contributed by atoms with Crippen LogP contribution in [-0.2, 0) is 11.3 Å². The third-order valence-corrected chi connectivity index (χ3v) is 7.10. The van der Waals surface area contributed by atoms with Gasteiger partial charge in [0, 0.05) is 18.5 Å². The molecule has 0 saturated heterocycles. The zero-order valence-electron chi connectivity index (χ0n) is 19.9. The molecule has 4 rings (SSSR count). The number of hydrogen-bond donors (Lipinski definition) is 1. The molecule has 1 heterocycles. The van der Waals surface area contributed by atoms with Crippen molar-refractivity contribution in [2.24, 2.45) is 0 Å². The first-order valence-electron chi connectivity index (χ1n) is 12.2. The summed E-state index contributed by atoms with van der Waals surface area (Å²) in [6, 6.07) is 13.9. The lowest BCUT2D eigenvalue weighted by atomic mass is 9.81. The molecule has 0 bridgehead atoms. The number of hydrogen-bond acceptors (Lipinski definition) is 2. The number of carbonyl (C=O) groups is 2. The van der Waals surface area contributed by atoms with Crippen molar-refractivity contribution in [2.45, 2.75) is 65.3 Å². The van der Waals surface area contributed by atoms with Crippen LogP contribution in [0.15, 0.2) is 42.5 Å². The van der Waals surface area contributed by atoms with Gasteiger partial charge in [0.2, 0.25) is 5.91 Å². The van der Waals surface area contributed by atoms with E-state index in [0.717, 1.165) is 35.0 Å². The molecule has 1 aromatic heterocycles. The fourth-order valence-electron chi connectivity index (χ4n) is 5.31. The third kappa shape index (κ3) is 4.54. The first-order valence-corrected chi connectivity index (χ1v) is 12.2. The Kier molecular flexibility index (Phi) is 6.87. The highest BCUT2D eigenvalue weighted by molar-refractivity contribution is 5.99. The second kappa shape index (κ2) is 9.82. The SMILES string of the molecule is CCN(CC)C(=O)Cn1c(-c2ccc(C)cc2)c(C2CCCCC2)c2ccc(C(=O)O)cc21. The Morgan fingerprint density at radius 3 is 2.27 bits per heavy atom. The van der Waals surface area contributed by atoms with E-state index < -0.39 is 5.97 Å². The molecule has 1 aliphatic carbocycles. The van der Waals surface area contributed by atoms with Gasteiger partial charge in [0.25, 0.3) is 0 Å². The summed E-state index contributed by atoms with van der Waals surface area (Å²) in [6.45, 7) is 7.58. The number of carboxylic acid groups (broad SMARTS) is 1. The number of aryl methyl sites for hydroxylation is 1. The fraction of sp³-hybridized carbons (Fsp3) is 0.429. The molecule has 0 unspecified atom stereocenters. The number of carbonyl (C=O) groups excluding carboxylic acids is 1. The Morgan fingerprint density at radius 2 is 1.67 bits per heavy atom. The zero-order valence-corrected chi connectivity index (χ0v) is 19.9. The van der Waals surface area contributed by atoms with Crippen LogP contribution in [0.5, 0.6) is 0 Å². The van der Waals surface area contributed by atoms with Crippen molar-refractivity contribution in [3.05, 3.63) is 59.2 Å². The predicted molar refractivity (Wildman–Crippen MR) is 133 cm³/mol. The van der Waals surface area contributed by atoms with Crippen molar-refractivity contribution in [1.29, 1.82) is 0 Å². The average molecular weight is 447 g/mol. The standard InChI is InChI=1S/C28H34N2O3/c1-4-29(5-2)25(31)18-30-24-17-22(28(32)33)15-16-23(24)26(20-9-7-6-8-10-20)27(30)21-13-11-19(3)12-14-21/h11-17,20H,4-10,18H2,1-3H3,(H,32,33). The monoisotopic (exact) mass is 446 g/mol. The van der Waals surface area contributed by atoms with Crippen LogP contribution in [0.25, 0.3) is 22.2 Å². The molecule has 1 saturated carbocycles. The molecule has 174 valence electrons. The molecular formula is C28H34N2O3. The first-order chi connectivity index (χ1) is 15.9. The molecular weight excluding hydrogens is 412 g/mol. The van der Waals surface area contributed by atoms with E-state index in [1.54, 1.807) is 12.1 Å². The highest BCUT2D eigenvalue weighted by atomic mass is 16.4. The first kappa shape index (κ1) is 23.1. The summed E-state index contributed by atoms with van der Waals surface area (Å²) in [4.78, 5) is 26.9. The molecule has 1 fully saturated rings. The predicted octanol–water partition coefficient (Wildman–Crippen LogP) is 6.23. The molecule has 1 aliphatic rings. The van der Waals surface area contributed by atoms with Crippen LogP contribution >= 0.6 is 0 Å². The molecule has 2 aromatic carbocycles. The summed E-state index contributed by atoms with van der Waals surface area (Å²) in [5, 5.41) is 10.7. The largest absolute Gasteiger partial charge is 0.478 e. The van der Waals surface area contributed by atoms with E-state index in [9.17, 15) is 14.7 Å². The lowest BCUT2D eigenvalue weighted by molar-refractivity contribution is -0.131. The summed E-state index contributed by atoms with van der Waals surface area (Å²) < 4.78 is 2.08. The second-order valence-electron chi connectivity index (χ2n) is 9.15. The van der Waals surface area contributed by atoms with Crippen molar-refractivity contribution < 1.29 is 14.7 Å². The Hall–Kier alpha value is -3.08. The Morgan fingerprint density at radius 1 is 1.00 bits per heavy atom. The Balaban J connectivity index is 2.00. The normalized spacial score (nSPS) is 14.5. The van der Waals surface area contributed by atoms with Gasteiger partial charge in [0.05, 0.1) is 16.8 Å². The van der Waals surface area contributed by atoms with Gasteiger partial charge in [0.15, 0.2) is 0 Å². The van der Waals surface area contributed by atoms with E-state index in [0.29, 0.717) is 19.0 Å². The zero-order chi connectivity index (χ0) is 23.5. The maximum Gasteiger partial charge on any atom is 0.335 e. The van der Waals surface area contributed by atoms with Crippen LogP contribution in [0.1, 0.15) is 73.4 Å². The smallest absolute Gasteiger partial charge is 0.335 e. The van der Waals surface area contributed by atoms with Crippen LogP contribution in [0.2, 0.25) is 0 Å². The van der Waals surface area contributed by atoms with Gasteiger partial charge in [-0.25, -0.2) is 4.79 Å².